The van der Waals surface area contributed by atoms with E-state index in [0.29, 0.717) is 19.4 Å². The molecular weight excluding hydrogens is 498 g/mol. The topological polar surface area (TPSA) is 141 Å². The number of ether oxygens (including phenoxy) is 2. The standard InChI is InChI=1S/C26H33N3O7S/c1-3-18(2)35-26(32)36-23-14-11-21(17-28-23)25(31)29-37(33,34)22-12-9-19(10-13-22)15-16-27-24(30)20-7-5-4-6-8-20/h9-14,17-18,20H,3-8,15-16H2,1-2H3,(H,27,30)(H,29,31)/t18-/m0/s1. The zero-order valence-corrected chi connectivity index (χ0v) is 21.9. The van der Waals surface area contributed by atoms with Gasteiger partial charge in [-0.05, 0) is 56.4 Å². The molecule has 0 bridgehead atoms. The summed E-state index contributed by atoms with van der Waals surface area (Å²) >= 11 is 0. The molecule has 2 N–H and O–H groups in total. The van der Waals surface area contributed by atoms with Gasteiger partial charge in [0.05, 0.1) is 10.5 Å². The summed E-state index contributed by atoms with van der Waals surface area (Å²) in [5, 5.41) is 2.96. The number of nitrogens with one attached hydrogen (secondary N) is 2. The van der Waals surface area contributed by atoms with Crippen molar-refractivity contribution in [2.75, 3.05) is 6.54 Å². The maximum atomic E-state index is 12.7. The first-order valence-electron chi connectivity index (χ1n) is 12.5. The number of hydrogen-bond acceptors (Lipinski definition) is 8. The van der Waals surface area contributed by atoms with E-state index in [4.69, 9.17) is 9.47 Å². The van der Waals surface area contributed by atoms with Crippen molar-refractivity contribution in [3.63, 3.8) is 0 Å². The Bertz CT molecular complexity index is 1180. The molecule has 0 spiro atoms. The summed E-state index contributed by atoms with van der Waals surface area (Å²) in [5.74, 6) is -0.786. The molecule has 1 saturated carbocycles. The second-order valence-electron chi connectivity index (χ2n) is 9.03. The zero-order chi connectivity index (χ0) is 26.8. The summed E-state index contributed by atoms with van der Waals surface area (Å²) in [4.78, 5) is 40.1. The third kappa shape index (κ3) is 8.56. The number of rotatable bonds is 10. The molecular formula is C26H33N3O7S. The monoisotopic (exact) mass is 531 g/mol. The molecule has 2 aromatic rings. The van der Waals surface area contributed by atoms with E-state index < -0.39 is 22.1 Å². The molecule has 1 aromatic heterocycles. The molecule has 10 nitrogen and oxygen atoms in total. The predicted octanol–water partition coefficient (Wildman–Crippen LogP) is 3.75. The SMILES string of the molecule is CC[C@H](C)OC(=O)Oc1ccc(C(=O)NS(=O)(=O)c2ccc(CCNC(=O)C3CCCCC3)cc2)cn1. The molecule has 1 aliphatic carbocycles. The third-order valence-corrected chi connectivity index (χ3v) is 7.56. The lowest BCUT2D eigenvalue weighted by Crippen LogP contribution is -2.33. The largest absolute Gasteiger partial charge is 0.515 e. The highest BCUT2D eigenvalue weighted by molar-refractivity contribution is 7.90. The molecule has 0 saturated heterocycles. The minimum absolute atomic E-state index is 0.0310. The fourth-order valence-electron chi connectivity index (χ4n) is 3.85. The van der Waals surface area contributed by atoms with Crippen molar-refractivity contribution in [3.05, 3.63) is 53.7 Å². The second kappa shape index (κ2) is 13.2. The first kappa shape index (κ1) is 28.1. The van der Waals surface area contributed by atoms with Gasteiger partial charge >= 0.3 is 6.16 Å². The van der Waals surface area contributed by atoms with Gasteiger partial charge in [0.2, 0.25) is 11.8 Å². The van der Waals surface area contributed by atoms with Gasteiger partial charge in [-0.3, -0.25) is 9.59 Å². The summed E-state index contributed by atoms with van der Waals surface area (Å²) in [5.41, 5.74) is 0.831. The number of amides is 2. The number of carbonyl (C=O) groups is 3. The molecule has 1 aliphatic rings. The van der Waals surface area contributed by atoms with E-state index in [-0.39, 0.29) is 34.3 Å². The van der Waals surface area contributed by atoms with Crippen molar-refractivity contribution >= 4 is 28.0 Å². The highest BCUT2D eigenvalue weighted by atomic mass is 32.2. The van der Waals surface area contributed by atoms with E-state index in [1.807, 2.05) is 11.6 Å². The Kier molecular flexibility index (Phi) is 10.0. The smallest absolute Gasteiger partial charge is 0.431 e. The summed E-state index contributed by atoms with van der Waals surface area (Å²) in [6.45, 7) is 4.04. The lowest BCUT2D eigenvalue weighted by atomic mass is 9.88. The number of nitrogens with zero attached hydrogens (tertiary/aromatic N) is 1. The van der Waals surface area contributed by atoms with E-state index >= 15 is 0 Å². The van der Waals surface area contributed by atoms with Crippen LogP contribution in [0, 0.1) is 5.92 Å². The molecule has 1 fully saturated rings. The highest BCUT2D eigenvalue weighted by Gasteiger charge is 2.21. The molecule has 1 heterocycles. The van der Waals surface area contributed by atoms with Crippen LogP contribution >= 0.6 is 0 Å². The van der Waals surface area contributed by atoms with Crippen LogP contribution in [0.15, 0.2) is 47.5 Å². The average molecular weight is 532 g/mol. The number of benzene rings is 1. The molecule has 3 rings (SSSR count). The van der Waals surface area contributed by atoms with Crippen molar-refractivity contribution in [2.24, 2.45) is 5.92 Å². The van der Waals surface area contributed by atoms with Gasteiger partial charge in [-0.15, -0.1) is 0 Å². The van der Waals surface area contributed by atoms with Crippen LogP contribution < -0.4 is 14.8 Å². The summed E-state index contributed by atoms with van der Waals surface area (Å²) in [7, 11) is -4.12. The molecule has 0 unspecified atom stereocenters. The lowest BCUT2D eigenvalue weighted by Gasteiger charge is -2.20. The summed E-state index contributed by atoms with van der Waals surface area (Å²) in [6.07, 6.45) is 6.30. The van der Waals surface area contributed by atoms with Gasteiger partial charge in [0.15, 0.2) is 0 Å². The Hall–Kier alpha value is -3.47. The first-order valence-corrected chi connectivity index (χ1v) is 13.9. The van der Waals surface area contributed by atoms with Crippen LogP contribution in [0.25, 0.3) is 0 Å². The van der Waals surface area contributed by atoms with Gasteiger partial charge < -0.3 is 14.8 Å². The molecule has 2 amide bonds. The minimum Gasteiger partial charge on any atom is -0.431 e. The maximum Gasteiger partial charge on any atom is 0.515 e. The number of sulfonamides is 1. The Morgan fingerprint density at radius 1 is 1.05 bits per heavy atom. The van der Waals surface area contributed by atoms with Gasteiger partial charge in [0.1, 0.15) is 6.10 Å². The fourth-order valence-corrected chi connectivity index (χ4v) is 4.82. The Morgan fingerprint density at radius 3 is 2.38 bits per heavy atom. The number of hydrogen-bond donors (Lipinski definition) is 2. The van der Waals surface area contributed by atoms with Crippen LogP contribution in [-0.4, -0.2) is 44.0 Å². The van der Waals surface area contributed by atoms with Crippen molar-refractivity contribution in [1.29, 1.82) is 0 Å². The van der Waals surface area contributed by atoms with E-state index in [2.05, 4.69) is 10.3 Å². The van der Waals surface area contributed by atoms with Crippen molar-refractivity contribution in [2.45, 2.75) is 69.8 Å². The van der Waals surface area contributed by atoms with E-state index in [1.165, 1.54) is 30.7 Å². The number of pyridine rings is 1. The van der Waals surface area contributed by atoms with Gasteiger partial charge in [0.25, 0.3) is 15.9 Å². The molecule has 200 valence electrons. The average Bonchev–Trinajstić information content (AvgIpc) is 2.89. The van der Waals surface area contributed by atoms with Crippen molar-refractivity contribution in [3.8, 4) is 5.88 Å². The first-order chi connectivity index (χ1) is 17.7. The van der Waals surface area contributed by atoms with Gasteiger partial charge in [0, 0.05) is 24.7 Å². The maximum absolute atomic E-state index is 12.7. The van der Waals surface area contributed by atoms with Crippen LogP contribution in [0.2, 0.25) is 0 Å². The van der Waals surface area contributed by atoms with Gasteiger partial charge in [-0.1, -0.05) is 38.3 Å². The molecule has 37 heavy (non-hydrogen) atoms. The molecule has 1 atom stereocenters. The third-order valence-electron chi connectivity index (χ3n) is 6.21. The second-order valence-corrected chi connectivity index (χ2v) is 10.7. The van der Waals surface area contributed by atoms with Crippen LogP contribution in [0.5, 0.6) is 5.88 Å². The lowest BCUT2D eigenvalue weighted by molar-refractivity contribution is -0.125. The fraction of sp³-hybridized carbons (Fsp3) is 0.462. The van der Waals surface area contributed by atoms with Crippen LogP contribution in [0.4, 0.5) is 4.79 Å². The Labute approximate surface area is 217 Å². The van der Waals surface area contributed by atoms with Crippen molar-refractivity contribution < 1.29 is 32.3 Å². The minimum atomic E-state index is -4.12. The molecule has 0 radical (unpaired) electrons. The van der Waals surface area contributed by atoms with Crippen molar-refractivity contribution in [1.82, 2.24) is 15.0 Å². The zero-order valence-electron chi connectivity index (χ0n) is 21.1. The van der Waals surface area contributed by atoms with Crippen LogP contribution in [-0.2, 0) is 26.0 Å². The van der Waals surface area contributed by atoms with Gasteiger partial charge in [-0.2, -0.15) is 0 Å². The Balaban J connectivity index is 1.50. The summed E-state index contributed by atoms with van der Waals surface area (Å²) in [6, 6.07) is 8.67. The molecule has 0 aliphatic heterocycles. The van der Waals surface area contributed by atoms with E-state index in [1.54, 1.807) is 19.1 Å². The summed E-state index contributed by atoms with van der Waals surface area (Å²) < 4.78 is 37.2. The normalized spacial score (nSPS) is 14.9. The van der Waals surface area contributed by atoms with E-state index in [9.17, 15) is 22.8 Å². The van der Waals surface area contributed by atoms with Crippen LogP contribution in [0.1, 0.15) is 68.3 Å². The number of carbonyl (C=O) groups excluding carboxylic acids is 3. The van der Waals surface area contributed by atoms with Gasteiger partial charge in [-0.25, -0.2) is 22.9 Å². The highest BCUT2D eigenvalue weighted by Crippen LogP contribution is 2.23. The molecule has 11 heteroatoms. The van der Waals surface area contributed by atoms with E-state index in [0.717, 1.165) is 37.4 Å². The quantitative estimate of drug-likeness (QED) is 0.442. The van der Waals surface area contributed by atoms with Crippen LogP contribution in [0.3, 0.4) is 0 Å². The number of aromatic nitrogens is 1. The predicted molar refractivity (Wildman–Crippen MR) is 135 cm³/mol. The molecule has 1 aromatic carbocycles. The Morgan fingerprint density at radius 2 is 1.76 bits per heavy atom.